The molecule has 0 atom stereocenters. The van der Waals surface area contributed by atoms with Crippen molar-refractivity contribution in [2.75, 3.05) is 26.2 Å². The van der Waals surface area contributed by atoms with E-state index in [0.29, 0.717) is 48.7 Å². The van der Waals surface area contributed by atoms with Crippen LogP contribution in [-0.4, -0.2) is 67.5 Å². The molecule has 184 valence electrons. The van der Waals surface area contributed by atoms with E-state index in [0.717, 1.165) is 5.56 Å². The molecular formula is C25H23FN6O3S. The fraction of sp³-hybridized carbons (Fsp3) is 0.240. The molecule has 0 aliphatic carbocycles. The van der Waals surface area contributed by atoms with Crippen molar-refractivity contribution in [1.82, 2.24) is 29.5 Å². The van der Waals surface area contributed by atoms with E-state index < -0.39 is 5.82 Å². The summed E-state index contributed by atoms with van der Waals surface area (Å²) in [6.45, 7) is 3.41. The van der Waals surface area contributed by atoms with Crippen LogP contribution >= 0.6 is 11.8 Å². The Hall–Kier alpha value is -3.99. The van der Waals surface area contributed by atoms with Gasteiger partial charge in [-0.05, 0) is 12.1 Å². The van der Waals surface area contributed by atoms with Gasteiger partial charge in [0.15, 0.2) is 16.7 Å². The molecule has 0 radical (unpaired) electrons. The Labute approximate surface area is 210 Å². The third-order valence-electron chi connectivity index (χ3n) is 5.87. The zero-order valence-electron chi connectivity index (χ0n) is 19.5. The number of aromatic nitrogens is 4. The molecule has 0 saturated carbocycles. The Balaban J connectivity index is 1.33. The summed E-state index contributed by atoms with van der Waals surface area (Å²) in [6.07, 6.45) is 1.34. The SMILES string of the molecule is CC(=O)N1CCN(C(=O)c2coc(CSc3nnc(-c4ccccc4)n3-c3ccccc3F)n2)CC1. The topological polar surface area (TPSA) is 97.4 Å². The van der Waals surface area contributed by atoms with Gasteiger partial charge in [0.25, 0.3) is 5.91 Å². The van der Waals surface area contributed by atoms with Crippen molar-refractivity contribution in [3.8, 4) is 17.1 Å². The van der Waals surface area contributed by atoms with Crippen LogP contribution in [0.4, 0.5) is 4.39 Å². The number of oxazole rings is 1. The standard InChI is InChI=1S/C25H23FN6O3S/c1-17(33)30-11-13-31(14-12-30)24(34)20-15-35-22(27-20)16-36-25-29-28-23(18-7-3-2-4-8-18)32(25)21-10-6-5-9-19(21)26/h2-10,15H,11-14,16H2,1H3. The molecule has 9 nitrogen and oxygen atoms in total. The molecule has 1 saturated heterocycles. The first-order valence-corrected chi connectivity index (χ1v) is 12.4. The molecular weight excluding hydrogens is 483 g/mol. The number of amides is 2. The molecule has 0 unspecified atom stereocenters. The van der Waals surface area contributed by atoms with Crippen LogP contribution in [0.25, 0.3) is 17.1 Å². The van der Waals surface area contributed by atoms with E-state index in [1.54, 1.807) is 32.6 Å². The lowest BCUT2D eigenvalue weighted by Crippen LogP contribution is -2.50. The van der Waals surface area contributed by atoms with Gasteiger partial charge in [-0.3, -0.25) is 14.2 Å². The number of carbonyl (C=O) groups is 2. The number of halogens is 1. The second-order valence-corrected chi connectivity index (χ2v) is 9.11. The lowest BCUT2D eigenvalue weighted by atomic mass is 10.2. The fourth-order valence-electron chi connectivity index (χ4n) is 3.98. The molecule has 4 aromatic rings. The smallest absolute Gasteiger partial charge is 0.275 e. The molecule has 2 aromatic heterocycles. The minimum absolute atomic E-state index is 0.00139. The lowest BCUT2D eigenvalue weighted by molar-refractivity contribution is -0.130. The van der Waals surface area contributed by atoms with E-state index in [1.165, 1.54) is 31.0 Å². The van der Waals surface area contributed by atoms with E-state index in [2.05, 4.69) is 15.2 Å². The first-order valence-electron chi connectivity index (χ1n) is 11.4. The number of nitrogens with zero attached hydrogens (tertiary/aromatic N) is 6. The van der Waals surface area contributed by atoms with E-state index >= 15 is 0 Å². The zero-order valence-corrected chi connectivity index (χ0v) is 20.3. The second kappa shape index (κ2) is 10.3. The summed E-state index contributed by atoms with van der Waals surface area (Å²) in [5.74, 6) is 0.490. The van der Waals surface area contributed by atoms with Crippen LogP contribution in [0, 0.1) is 5.82 Å². The van der Waals surface area contributed by atoms with Crippen LogP contribution in [0.15, 0.2) is 70.4 Å². The summed E-state index contributed by atoms with van der Waals surface area (Å²) in [7, 11) is 0. The first-order chi connectivity index (χ1) is 17.5. The van der Waals surface area contributed by atoms with Gasteiger partial charge in [-0.25, -0.2) is 9.37 Å². The highest BCUT2D eigenvalue weighted by molar-refractivity contribution is 7.98. The number of hydrogen-bond donors (Lipinski definition) is 0. The predicted octanol–water partition coefficient (Wildman–Crippen LogP) is 3.66. The molecule has 11 heteroatoms. The monoisotopic (exact) mass is 506 g/mol. The quantitative estimate of drug-likeness (QED) is 0.368. The minimum atomic E-state index is -0.398. The molecule has 1 aliphatic rings. The van der Waals surface area contributed by atoms with Crippen molar-refractivity contribution >= 4 is 23.6 Å². The largest absolute Gasteiger partial charge is 0.447 e. The maximum absolute atomic E-state index is 14.7. The first kappa shape index (κ1) is 23.7. The Morgan fingerprint density at radius 2 is 1.67 bits per heavy atom. The van der Waals surface area contributed by atoms with Gasteiger partial charge < -0.3 is 14.2 Å². The average molecular weight is 507 g/mol. The van der Waals surface area contributed by atoms with Gasteiger partial charge in [-0.1, -0.05) is 54.2 Å². The van der Waals surface area contributed by atoms with E-state index in [4.69, 9.17) is 4.42 Å². The van der Waals surface area contributed by atoms with Crippen molar-refractivity contribution < 1.29 is 18.4 Å². The number of rotatable bonds is 6. The second-order valence-electron chi connectivity index (χ2n) is 8.17. The van der Waals surface area contributed by atoms with Crippen LogP contribution in [0.5, 0.6) is 0 Å². The Bertz CT molecular complexity index is 1380. The number of carbonyl (C=O) groups excluding carboxylic acids is 2. The molecule has 36 heavy (non-hydrogen) atoms. The van der Waals surface area contributed by atoms with Crippen LogP contribution in [0.2, 0.25) is 0 Å². The maximum Gasteiger partial charge on any atom is 0.275 e. The Morgan fingerprint density at radius 1 is 0.972 bits per heavy atom. The van der Waals surface area contributed by atoms with Crippen LogP contribution in [0.1, 0.15) is 23.3 Å². The molecule has 3 heterocycles. The van der Waals surface area contributed by atoms with Crippen LogP contribution in [0.3, 0.4) is 0 Å². The van der Waals surface area contributed by atoms with Crippen molar-refractivity contribution in [2.24, 2.45) is 0 Å². The normalized spacial score (nSPS) is 13.7. The predicted molar refractivity (Wildman–Crippen MR) is 131 cm³/mol. The highest BCUT2D eigenvalue weighted by Gasteiger charge is 2.26. The van der Waals surface area contributed by atoms with Gasteiger partial charge in [-0.15, -0.1) is 10.2 Å². The van der Waals surface area contributed by atoms with E-state index in [9.17, 15) is 14.0 Å². The molecule has 0 N–H and O–H groups in total. The summed E-state index contributed by atoms with van der Waals surface area (Å²) in [4.78, 5) is 32.1. The number of hydrogen-bond acceptors (Lipinski definition) is 7. The van der Waals surface area contributed by atoms with Gasteiger partial charge in [0.1, 0.15) is 12.1 Å². The summed E-state index contributed by atoms with van der Waals surface area (Å²) >= 11 is 1.28. The Kier molecular flexibility index (Phi) is 6.81. The van der Waals surface area contributed by atoms with Crippen molar-refractivity contribution in [1.29, 1.82) is 0 Å². The summed E-state index contributed by atoms with van der Waals surface area (Å²) in [5, 5.41) is 9.07. The number of para-hydroxylation sites is 1. The molecule has 1 aliphatic heterocycles. The van der Waals surface area contributed by atoms with Crippen molar-refractivity contribution in [3.05, 3.63) is 78.3 Å². The average Bonchev–Trinajstić information content (AvgIpc) is 3.55. The number of thioether (sulfide) groups is 1. The van der Waals surface area contributed by atoms with Crippen molar-refractivity contribution in [2.45, 2.75) is 17.8 Å². The van der Waals surface area contributed by atoms with Crippen molar-refractivity contribution in [3.63, 3.8) is 0 Å². The molecule has 2 aromatic carbocycles. The third-order valence-corrected chi connectivity index (χ3v) is 6.78. The summed E-state index contributed by atoms with van der Waals surface area (Å²) in [6, 6.07) is 15.9. The van der Waals surface area contributed by atoms with E-state index in [-0.39, 0.29) is 23.3 Å². The van der Waals surface area contributed by atoms with Gasteiger partial charge in [-0.2, -0.15) is 0 Å². The van der Waals surface area contributed by atoms with Gasteiger partial charge in [0.2, 0.25) is 11.8 Å². The maximum atomic E-state index is 14.7. The zero-order chi connectivity index (χ0) is 25.1. The molecule has 2 amide bonds. The van der Waals surface area contributed by atoms with Gasteiger partial charge in [0.05, 0.1) is 11.4 Å². The molecule has 5 rings (SSSR count). The Morgan fingerprint density at radius 3 is 2.39 bits per heavy atom. The van der Waals surface area contributed by atoms with Gasteiger partial charge >= 0.3 is 0 Å². The van der Waals surface area contributed by atoms with Crippen LogP contribution < -0.4 is 0 Å². The highest BCUT2D eigenvalue weighted by atomic mass is 32.2. The fourth-order valence-corrected chi connectivity index (χ4v) is 4.77. The van der Waals surface area contributed by atoms with Crippen LogP contribution in [-0.2, 0) is 10.5 Å². The summed E-state index contributed by atoms with van der Waals surface area (Å²) < 4.78 is 22.0. The minimum Gasteiger partial charge on any atom is -0.447 e. The molecule has 1 fully saturated rings. The number of piperazine rings is 1. The van der Waals surface area contributed by atoms with Gasteiger partial charge in [0, 0.05) is 38.7 Å². The number of benzene rings is 2. The highest BCUT2D eigenvalue weighted by Crippen LogP contribution is 2.30. The molecule has 0 spiro atoms. The lowest BCUT2D eigenvalue weighted by Gasteiger charge is -2.33. The third kappa shape index (κ3) is 4.87. The summed E-state index contributed by atoms with van der Waals surface area (Å²) in [5.41, 5.74) is 1.34. The van der Waals surface area contributed by atoms with E-state index in [1.807, 2.05) is 30.3 Å². The molecule has 0 bridgehead atoms.